The average Bonchev–Trinajstić information content (AvgIpc) is 3.16. The first kappa shape index (κ1) is 32.4. The molecule has 0 aliphatic rings. The number of carbonyl (C=O) groups is 2. The number of phosphoric acid groups is 2. The third-order valence-corrected chi connectivity index (χ3v) is 7.89. The van der Waals surface area contributed by atoms with E-state index in [0.29, 0.717) is 5.75 Å². The molecule has 0 aliphatic carbocycles. The van der Waals surface area contributed by atoms with Crippen LogP contribution in [0.15, 0.2) is 24.3 Å². The fraction of sp³-hybridized carbons (Fsp3) is 0.478. The monoisotopic (exact) mass is 592 g/mol. The van der Waals surface area contributed by atoms with Gasteiger partial charge in [0, 0.05) is 19.8 Å². The molecule has 0 atom stereocenters. The van der Waals surface area contributed by atoms with Crippen molar-refractivity contribution in [3.63, 3.8) is 0 Å². The molecule has 16 heteroatoms. The summed E-state index contributed by atoms with van der Waals surface area (Å²) in [4.78, 5) is 27.4. The quantitative estimate of drug-likeness (QED) is 0.260. The zero-order valence-electron chi connectivity index (χ0n) is 22.9. The van der Waals surface area contributed by atoms with E-state index in [1.165, 1.54) is 73.2 Å². The molecule has 0 saturated carbocycles. The van der Waals surface area contributed by atoms with E-state index < -0.39 is 50.4 Å². The summed E-state index contributed by atoms with van der Waals surface area (Å²) in [5.74, 6) is -3.34. The minimum atomic E-state index is -4.47. The minimum Gasteiger partial charge on any atom is -0.497 e. The smallest absolute Gasteiger partial charge is 0.497 e. The number of methoxy groups -OCH3 is 1. The molecule has 1 amide bonds. The van der Waals surface area contributed by atoms with Crippen LogP contribution in [0.1, 0.15) is 48.7 Å². The van der Waals surface area contributed by atoms with Gasteiger partial charge in [-0.3, -0.25) is 27.5 Å². The lowest BCUT2D eigenvalue weighted by Crippen LogP contribution is -2.25. The lowest BCUT2D eigenvalue weighted by Gasteiger charge is -2.21. The summed E-state index contributed by atoms with van der Waals surface area (Å²) in [6.07, 6.45) is 0. The van der Waals surface area contributed by atoms with Crippen LogP contribution in [0.3, 0.4) is 0 Å². The number of amides is 1. The summed E-state index contributed by atoms with van der Waals surface area (Å²) in [7, 11) is -4.65. The molecule has 1 N–H and O–H groups in total. The van der Waals surface area contributed by atoms with Crippen molar-refractivity contribution >= 4 is 27.5 Å². The van der Waals surface area contributed by atoms with Crippen LogP contribution in [0.25, 0.3) is 5.69 Å². The van der Waals surface area contributed by atoms with Gasteiger partial charge in [0.2, 0.25) is 11.5 Å². The number of aromatic nitrogens is 1. The van der Waals surface area contributed by atoms with Crippen molar-refractivity contribution < 1.29 is 55.7 Å². The second-order valence-corrected chi connectivity index (χ2v) is 10.8. The van der Waals surface area contributed by atoms with E-state index in [2.05, 4.69) is 0 Å². The summed E-state index contributed by atoms with van der Waals surface area (Å²) in [5.41, 5.74) is -0.973. The zero-order chi connectivity index (χ0) is 29.4. The highest BCUT2D eigenvalue weighted by atomic mass is 31.2. The molecule has 1 aromatic carbocycles. The van der Waals surface area contributed by atoms with Gasteiger partial charge in [0.05, 0.1) is 33.5 Å². The van der Waals surface area contributed by atoms with Crippen LogP contribution in [0.4, 0.5) is 0 Å². The first-order valence-electron chi connectivity index (χ1n) is 12.0. The Kier molecular flexibility index (Phi) is 11.6. The van der Waals surface area contributed by atoms with Crippen LogP contribution in [0.2, 0.25) is 0 Å². The van der Waals surface area contributed by atoms with Gasteiger partial charge in [0.1, 0.15) is 5.75 Å². The summed E-state index contributed by atoms with van der Waals surface area (Å²) in [6, 6.07) is 6.01. The number of phosphoric ester groups is 2. The van der Waals surface area contributed by atoms with E-state index in [1.807, 2.05) is 0 Å². The third-order valence-electron chi connectivity index (χ3n) is 4.78. The SMILES string of the molecule is CCOP(=O)(OCC)Oc1c(OP(=O)(OCC)OCC)c(C(=O)N(C)C)n(-c2ccc(OC)cc2)c1C(=O)O. The Labute approximate surface area is 226 Å². The molecule has 0 bridgehead atoms. The highest BCUT2D eigenvalue weighted by Gasteiger charge is 2.43. The van der Waals surface area contributed by atoms with Gasteiger partial charge in [-0.05, 0) is 52.0 Å². The molecule has 0 spiro atoms. The van der Waals surface area contributed by atoms with Gasteiger partial charge in [-0.1, -0.05) is 0 Å². The minimum absolute atomic E-state index is 0.119. The van der Waals surface area contributed by atoms with E-state index in [0.717, 1.165) is 9.47 Å². The van der Waals surface area contributed by atoms with Crippen LogP contribution in [-0.4, -0.2) is 74.1 Å². The van der Waals surface area contributed by atoms with Gasteiger partial charge in [0.25, 0.3) is 5.91 Å². The molecular weight excluding hydrogens is 558 g/mol. The third kappa shape index (κ3) is 7.63. The Hall–Kier alpha value is -2.86. The van der Waals surface area contributed by atoms with Crippen molar-refractivity contribution in [3.05, 3.63) is 35.7 Å². The van der Waals surface area contributed by atoms with Gasteiger partial charge in [0.15, 0.2) is 11.4 Å². The van der Waals surface area contributed by atoms with Crippen LogP contribution in [0, 0.1) is 0 Å². The van der Waals surface area contributed by atoms with Gasteiger partial charge >= 0.3 is 21.6 Å². The number of nitrogens with zero attached hydrogens (tertiary/aromatic N) is 2. The molecule has 0 saturated heterocycles. The van der Waals surface area contributed by atoms with Crippen LogP contribution >= 0.6 is 15.6 Å². The second-order valence-electron chi connectivity index (χ2n) is 7.64. The van der Waals surface area contributed by atoms with Crippen molar-refractivity contribution in [1.82, 2.24) is 9.47 Å². The Morgan fingerprint density at radius 1 is 0.795 bits per heavy atom. The lowest BCUT2D eigenvalue weighted by atomic mass is 10.2. The van der Waals surface area contributed by atoms with Crippen LogP contribution < -0.4 is 13.8 Å². The van der Waals surface area contributed by atoms with E-state index in [1.54, 1.807) is 0 Å². The van der Waals surface area contributed by atoms with Gasteiger partial charge in [-0.15, -0.1) is 0 Å². The Morgan fingerprint density at radius 3 is 1.54 bits per heavy atom. The number of carboxylic acids is 1. The number of carbonyl (C=O) groups excluding carboxylic acids is 1. The molecule has 218 valence electrons. The molecule has 2 aromatic rings. The Balaban J connectivity index is 3.08. The largest absolute Gasteiger partial charge is 0.530 e. The van der Waals surface area contributed by atoms with Crippen molar-refractivity contribution in [3.8, 4) is 22.9 Å². The molecule has 39 heavy (non-hydrogen) atoms. The molecule has 2 rings (SSSR count). The maximum atomic E-state index is 13.5. The molecule has 0 radical (unpaired) electrons. The highest BCUT2D eigenvalue weighted by Crippen LogP contribution is 2.59. The van der Waals surface area contributed by atoms with Crippen molar-refractivity contribution in [2.75, 3.05) is 47.6 Å². The standard InChI is InChI=1S/C23H34N2O12P2/c1-8-32-38(29,33-9-2)36-20-18(22(26)24(5)6)25(16-12-14-17(31-7)15-13-16)19(23(27)28)21(20)37-39(30,34-10-3)35-11-4/h12-15H,8-11H2,1-7H3,(H,27,28). The molecule has 0 unspecified atom stereocenters. The fourth-order valence-corrected chi connectivity index (χ4v) is 5.73. The van der Waals surface area contributed by atoms with Crippen molar-refractivity contribution in [2.24, 2.45) is 0 Å². The molecule has 1 aromatic heterocycles. The molecule has 0 aliphatic heterocycles. The predicted molar refractivity (Wildman–Crippen MR) is 140 cm³/mol. The number of ether oxygens (including phenoxy) is 1. The first-order valence-corrected chi connectivity index (χ1v) is 14.9. The van der Waals surface area contributed by atoms with Crippen LogP contribution in [-0.2, 0) is 27.2 Å². The van der Waals surface area contributed by atoms with Gasteiger partial charge in [-0.2, -0.15) is 0 Å². The topological polar surface area (TPSA) is 161 Å². The second kappa shape index (κ2) is 14.0. The normalized spacial score (nSPS) is 11.8. The van der Waals surface area contributed by atoms with E-state index in [-0.39, 0.29) is 32.1 Å². The zero-order valence-corrected chi connectivity index (χ0v) is 24.7. The summed E-state index contributed by atoms with van der Waals surface area (Å²) >= 11 is 0. The van der Waals surface area contributed by atoms with E-state index in [9.17, 15) is 23.8 Å². The Bertz CT molecular complexity index is 1220. The van der Waals surface area contributed by atoms with Gasteiger partial charge < -0.3 is 23.8 Å². The van der Waals surface area contributed by atoms with E-state index >= 15 is 0 Å². The van der Waals surface area contributed by atoms with Crippen molar-refractivity contribution in [2.45, 2.75) is 27.7 Å². The molecule has 1 heterocycles. The summed E-state index contributed by atoms with van der Waals surface area (Å²) in [5, 5.41) is 10.3. The molecular formula is C23H34N2O12P2. The number of hydrogen-bond acceptors (Lipinski definition) is 11. The number of rotatable bonds is 16. The fourth-order valence-electron chi connectivity index (χ4n) is 3.32. The number of aromatic carboxylic acids is 1. The van der Waals surface area contributed by atoms with Crippen LogP contribution in [0.5, 0.6) is 17.2 Å². The summed E-state index contributed by atoms with van der Waals surface area (Å²) in [6.45, 7) is 5.60. The highest BCUT2D eigenvalue weighted by molar-refractivity contribution is 7.49. The number of benzene rings is 1. The molecule has 14 nitrogen and oxygen atoms in total. The number of carboxylic acid groups (broad SMARTS) is 1. The average molecular weight is 592 g/mol. The Morgan fingerprint density at radius 2 is 1.21 bits per heavy atom. The lowest BCUT2D eigenvalue weighted by molar-refractivity contribution is 0.0684. The molecule has 0 fully saturated rings. The maximum absolute atomic E-state index is 13.5. The summed E-state index contributed by atoms with van der Waals surface area (Å²) < 4.78 is 65.1. The first-order chi connectivity index (χ1) is 18.4. The number of hydrogen-bond donors (Lipinski definition) is 1. The predicted octanol–water partition coefficient (Wildman–Crippen LogP) is 5.01. The van der Waals surface area contributed by atoms with Gasteiger partial charge in [-0.25, -0.2) is 13.9 Å². The van der Waals surface area contributed by atoms with Crippen molar-refractivity contribution in [1.29, 1.82) is 0 Å². The maximum Gasteiger partial charge on any atom is 0.530 e. The van der Waals surface area contributed by atoms with E-state index in [4.69, 9.17) is 31.9 Å².